The van der Waals surface area contributed by atoms with Crippen molar-refractivity contribution >= 4 is 45.4 Å². The molecule has 1 N–H and O–H groups in total. The van der Waals surface area contributed by atoms with E-state index in [2.05, 4.69) is 21.2 Å². The molecular formula is C28H29BrN2O5. The molecule has 2 aliphatic rings. The molecule has 1 fully saturated rings. The van der Waals surface area contributed by atoms with Gasteiger partial charge in [0.2, 0.25) is 5.78 Å². The van der Waals surface area contributed by atoms with Gasteiger partial charge in [-0.3, -0.25) is 9.59 Å². The monoisotopic (exact) mass is 552 g/mol. The quantitative estimate of drug-likeness (QED) is 0.290. The lowest BCUT2D eigenvalue weighted by Crippen LogP contribution is -2.38. The van der Waals surface area contributed by atoms with Gasteiger partial charge in [0.05, 0.1) is 12.8 Å². The number of allylic oxidation sites excluding steroid dienone is 2. The molecular weight excluding hydrogens is 524 g/mol. The molecule has 0 radical (unpaired) electrons. The Bertz CT molecular complexity index is 1200. The smallest absolute Gasteiger partial charge is 0.343 e. The third-order valence-corrected chi connectivity index (χ3v) is 6.92. The van der Waals surface area contributed by atoms with E-state index in [4.69, 9.17) is 9.47 Å². The lowest BCUT2D eigenvalue weighted by molar-refractivity contribution is -0.137. The number of Topliss-reactive ketones (excluding diaryl/α,β-unsaturated/α-hetero) is 1. The molecule has 1 amide bonds. The zero-order chi connectivity index (χ0) is 25.7. The summed E-state index contributed by atoms with van der Waals surface area (Å²) < 4.78 is 11.4. The number of carbonyl (C=O) groups is 3. The minimum atomic E-state index is -0.668. The van der Waals surface area contributed by atoms with Gasteiger partial charge in [0.25, 0.3) is 5.91 Å². The Morgan fingerprint density at radius 3 is 2.36 bits per heavy atom. The fourth-order valence-corrected chi connectivity index (χ4v) is 4.83. The normalized spacial score (nSPS) is 17.5. The Morgan fingerprint density at radius 1 is 1.06 bits per heavy atom. The number of halogens is 1. The summed E-state index contributed by atoms with van der Waals surface area (Å²) in [5.41, 5.74) is 2.35. The Hall–Kier alpha value is -3.39. The predicted octanol–water partition coefficient (Wildman–Crippen LogP) is 5.15. The molecule has 0 saturated heterocycles. The molecule has 2 aromatic carbocycles. The first-order valence-corrected chi connectivity index (χ1v) is 12.8. The van der Waals surface area contributed by atoms with Crippen molar-refractivity contribution in [3.05, 3.63) is 75.5 Å². The summed E-state index contributed by atoms with van der Waals surface area (Å²) in [5, 5.41) is 3.04. The first-order chi connectivity index (χ1) is 17.4. The van der Waals surface area contributed by atoms with Crippen LogP contribution in [0.2, 0.25) is 0 Å². The van der Waals surface area contributed by atoms with Crippen molar-refractivity contribution < 1.29 is 23.9 Å². The second-order valence-electron chi connectivity index (χ2n) is 8.88. The van der Waals surface area contributed by atoms with Gasteiger partial charge in [-0.25, -0.2) is 4.79 Å². The number of ether oxygens (including phenoxy) is 2. The van der Waals surface area contributed by atoms with Crippen molar-refractivity contribution in [2.75, 3.05) is 18.6 Å². The number of amides is 1. The molecule has 1 saturated carbocycles. The van der Waals surface area contributed by atoms with Crippen LogP contribution in [0.1, 0.15) is 44.6 Å². The highest BCUT2D eigenvalue weighted by atomic mass is 79.9. The highest BCUT2D eigenvalue weighted by Gasteiger charge is 2.38. The standard InChI is InChI=1S/C28H29BrN2O5/c1-18-26(28(34)35-2)27(33)24(31(18)22-12-10-20(29)11-13-22)16-19-8-14-23(15-9-19)36-17-25(32)30-21-6-4-3-5-7-21/h8-16,21H,3-7,17H2,1-2H3,(H,30,32)/b24-16-. The van der Waals surface area contributed by atoms with Gasteiger partial charge in [-0.05, 0) is 67.8 Å². The van der Waals surface area contributed by atoms with Gasteiger partial charge in [-0.2, -0.15) is 0 Å². The zero-order valence-electron chi connectivity index (χ0n) is 20.4. The van der Waals surface area contributed by atoms with E-state index in [0.717, 1.165) is 41.4 Å². The predicted molar refractivity (Wildman–Crippen MR) is 141 cm³/mol. The van der Waals surface area contributed by atoms with Gasteiger partial charge >= 0.3 is 5.97 Å². The highest BCUT2D eigenvalue weighted by molar-refractivity contribution is 9.10. The number of anilines is 1. The van der Waals surface area contributed by atoms with E-state index in [0.29, 0.717) is 17.1 Å². The number of methoxy groups -OCH3 is 1. The van der Waals surface area contributed by atoms with E-state index in [-0.39, 0.29) is 24.1 Å². The third kappa shape index (κ3) is 5.87. The number of hydrogen-bond donors (Lipinski definition) is 1. The molecule has 0 spiro atoms. The lowest BCUT2D eigenvalue weighted by Gasteiger charge is -2.22. The summed E-state index contributed by atoms with van der Waals surface area (Å²) in [5.74, 6) is -0.630. The SMILES string of the molecule is COC(=O)C1=C(C)N(c2ccc(Br)cc2)/C(=C\c2ccc(OCC(=O)NC3CCCCC3)cc2)C1=O. The fourth-order valence-electron chi connectivity index (χ4n) is 4.57. The zero-order valence-corrected chi connectivity index (χ0v) is 22.0. The van der Waals surface area contributed by atoms with Gasteiger partial charge in [0.1, 0.15) is 11.3 Å². The Morgan fingerprint density at radius 2 is 1.72 bits per heavy atom. The first kappa shape index (κ1) is 25.7. The summed E-state index contributed by atoms with van der Waals surface area (Å²) in [7, 11) is 1.26. The molecule has 7 nitrogen and oxygen atoms in total. The molecule has 8 heteroatoms. The van der Waals surface area contributed by atoms with E-state index in [1.807, 2.05) is 24.3 Å². The lowest BCUT2D eigenvalue weighted by atomic mass is 9.95. The number of benzene rings is 2. The van der Waals surface area contributed by atoms with E-state index in [1.54, 1.807) is 42.2 Å². The van der Waals surface area contributed by atoms with Gasteiger partial charge in [0.15, 0.2) is 6.61 Å². The molecule has 0 aromatic heterocycles. The van der Waals surface area contributed by atoms with Crippen LogP contribution in [-0.4, -0.2) is 37.4 Å². The van der Waals surface area contributed by atoms with E-state index < -0.39 is 11.8 Å². The van der Waals surface area contributed by atoms with Crippen molar-refractivity contribution in [3.8, 4) is 5.75 Å². The van der Waals surface area contributed by atoms with Crippen LogP contribution >= 0.6 is 15.9 Å². The summed E-state index contributed by atoms with van der Waals surface area (Å²) in [6.45, 7) is 1.68. The Labute approximate surface area is 219 Å². The molecule has 188 valence electrons. The molecule has 36 heavy (non-hydrogen) atoms. The molecule has 2 aromatic rings. The number of nitrogens with one attached hydrogen (secondary N) is 1. The molecule has 4 rings (SSSR count). The Kier molecular flexibility index (Phi) is 8.25. The average Bonchev–Trinajstić information content (AvgIpc) is 3.13. The van der Waals surface area contributed by atoms with Crippen LogP contribution in [0.15, 0.2) is 70.0 Å². The van der Waals surface area contributed by atoms with Crippen LogP contribution in [0.25, 0.3) is 6.08 Å². The Balaban J connectivity index is 1.49. The van der Waals surface area contributed by atoms with Crippen molar-refractivity contribution in [2.45, 2.75) is 45.1 Å². The molecule has 0 unspecified atom stereocenters. The van der Waals surface area contributed by atoms with Crippen molar-refractivity contribution in [1.82, 2.24) is 5.32 Å². The molecule has 0 atom stereocenters. The number of hydrogen-bond acceptors (Lipinski definition) is 6. The average molecular weight is 553 g/mol. The number of nitrogens with zero attached hydrogens (tertiary/aromatic N) is 1. The fraction of sp³-hybridized carbons (Fsp3) is 0.321. The molecule has 0 bridgehead atoms. The number of esters is 1. The van der Waals surface area contributed by atoms with Gasteiger partial charge in [-0.15, -0.1) is 0 Å². The van der Waals surface area contributed by atoms with Crippen LogP contribution in [-0.2, 0) is 19.1 Å². The van der Waals surface area contributed by atoms with Crippen LogP contribution in [0.3, 0.4) is 0 Å². The summed E-state index contributed by atoms with van der Waals surface area (Å²) in [6.07, 6.45) is 7.32. The van der Waals surface area contributed by atoms with Crippen molar-refractivity contribution in [2.24, 2.45) is 0 Å². The molecule has 1 aliphatic carbocycles. The largest absolute Gasteiger partial charge is 0.484 e. The summed E-state index contributed by atoms with van der Waals surface area (Å²) >= 11 is 3.43. The second kappa shape index (κ2) is 11.6. The van der Waals surface area contributed by atoms with Crippen molar-refractivity contribution in [3.63, 3.8) is 0 Å². The maximum Gasteiger partial charge on any atom is 0.343 e. The summed E-state index contributed by atoms with van der Waals surface area (Å²) in [6, 6.07) is 14.8. The van der Waals surface area contributed by atoms with E-state index in [1.165, 1.54) is 13.5 Å². The van der Waals surface area contributed by atoms with Crippen LogP contribution < -0.4 is 15.0 Å². The van der Waals surface area contributed by atoms with Crippen LogP contribution in [0, 0.1) is 0 Å². The summed E-state index contributed by atoms with van der Waals surface area (Å²) in [4.78, 5) is 39.5. The van der Waals surface area contributed by atoms with Crippen LogP contribution in [0.4, 0.5) is 5.69 Å². The minimum Gasteiger partial charge on any atom is -0.484 e. The molecule has 1 aliphatic heterocycles. The third-order valence-electron chi connectivity index (χ3n) is 6.40. The maximum atomic E-state index is 13.2. The van der Waals surface area contributed by atoms with Gasteiger partial charge in [-0.1, -0.05) is 47.3 Å². The molecule has 1 heterocycles. The number of rotatable bonds is 7. The topological polar surface area (TPSA) is 84.9 Å². The highest BCUT2D eigenvalue weighted by Crippen LogP contribution is 2.36. The minimum absolute atomic E-state index is 0.00982. The first-order valence-electron chi connectivity index (χ1n) is 12.0. The number of ketones is 1. The second-order valence-corrected chi connectivity index (χ2v) is 9.80. The van der Waals surface area contributed by atoms with Gasteiger partial charge < -0.3 is 19.7 Å². The maximum absolute atomic E-state index is 13.2. The number of carbonyl (C=O) groups excluding carboxylic acids is 3. The van der Waals surface area contributed by atoms with E-state index in [9.17, 15) is 14.4 Å². The van der Waals surface area contributed by atoms with Gasteiger partial charge in [0, 0.05) is 21.9 Å². The van der Waals surface area contributed by atoms with E-state index >= 15 is 0 Å². The van der Waals surface area contributed by atoms with Crippen LogP contribution in [0.5, 0.6) is 5.75 Å². The van der Waals surface area contributed by atoms with Crippen molar-refractivity contribution in [1.29, 1.82) is 0 Å².